The van der Waals surface area contributed by atoms with Gasteiger partial charge in [-0.15, -0.1) is 0 Å². The second-order valence-electron chi connectivity index (χ2n) is 4.72. The Labute approximate surface area is 127 Å². The van der Waals surface area contributed by atoms with Crippen molar-refractivity contribution < 1.29 is 13.9 Å². The van der Waals surface area contributed by atoms with E-state index in [1.165, 1.54) is 16.7 Å². The van der Waals surface area contributed by atoms with Gasteiger partial charge in [0.2, 0.25) is 0 Å². The van der Waals surface area contributed by atoms with Gasteiger partial charge in [-0.2, -0.15) is 0 Å². The number of benzene rings is 2. The molecule has 0 saturated heterocycles. The summed E-state index contributed by atoms with van der Waals surface area (Å²) in [5.74, 6) is -0.988. The van der Waals surface area contributed by atoms with Crippen molar-refractivity contribution in [1.82, 2.24) is 4.57 Å². The average molecular weight is 352 g/mol. The van der Waals surface area contributed by atoms with Crippen molar-refractivity contribution in [2.45, 2.75) is 6.10 Å². The fourth-order valence-electron chi connectivity index (χ4n) is 2.22. The van der Waals surface area contributed by atoms with Crippen LogP contribution in [-0.2, 0) is 7.05 Å². The van der Waals surface area contributed by atoms with Crippen LogP contribution in [-0.4, -0.2) is 9.67 Å². The summed E-state index contributed by atoms with van der Waals surface area (Å²) in [5.41, 5.74) is 1.60. The molecule has 21 heavy (non-hydrogen) atoms. The van der Waals surface area contributed by atoms with Crippen LogP contribution in [0.5, 0.6) is 0 Å². The minimum atomic E-state index is -1.13. The predicted octanol–water partition coefficient (Wildman–Crippen LogP) is 3.11. The zero-order chi connectivity index (χ0) is 15.1. The molecule has 0 aliphatic carbocycles. The second kappa shape index (κ2) is 5.13. The summed E-state index contributed by atoms with van der Waals surface area (Å²) in [5, 5.41) is 10.3. The molecule has 1 unspecified atom stereocenters. The number of hydrogen-bond acceptors (Lipinski definition) is 3. The number of halogens is 2. The van der Waals surface area contributed by atoms with Crippen LogP contribution >= 0.6 is 15.9 Å². The Morgan fingerprint density at radius 2 is 2.05 bits per heavy atom. The van der Waals surface area contributed by atoms with E-state index < -0.39 is 17.7 Å². The molecule has 0 radical (unpaired) electrons. The van der Waals surface area contributed by atoms with Crippen LogP contribution in [0.15, 0.2) is 50.1 Å². The van der Waals surface area contributed by atoms with Gasteiger partial charge in [-0.3, -0.25) is 4.57 Å². The number of oxazole rings is 1. The van der Waals surface area contributed by atoms with Crippen molar-refractivity contribution in [3.05, 3.63) is 68.4 Å². The molecule has 4 nitrogen and oxygen atoms in total. The number of aryl methyl sites for hydroxylation is 1. The quantitative estimate of drug-likeness (QED) is 0.771. The average Bonchev–Trinajstić information content (AvgIpc) is 2.73. The van der Waals surface area contributed by atoms with Crippen molar-refractivity contribution in [2.24, 2.45) is 7.05 Å². The van der Waals surface area contributed by atoms with Crippen molar-refractivity contribution in [1.29, 1.82) is 0 Å². The van der Waals surface area contributed by atoms with Gasteiger partial charge in [-0.05, 0) is 29.8 Å². The molecule has 3 rings (SSSR count). The van der Waals surface area contributed by atoms with E-state index in [9.17, 15) is 14.3 Å². The molecule has 1 N–H and O–H groups in total. The van der Waals surface area contributed by atoms with E-state index in [0.29, 0.717) is 21.1 Å². The van der Waals surface area contributed by atoms with E-state index in [2.05, 4.69) is 15.9 Å². The van der Waals surface area contributed by atoms with Crippen LogP contribution in [0.3, 0.4) is 0 Å². The molecule has 0 amide bonds. The molecule has 108 valence electrons. The third kappa shape index (κ3) is 2.41. The molecule has 1 aromatic heterocycles. The van der Waals surface area contributed by atoms with Gasteiger partial charge in [-0.1, -0.05) is 28.1 Å². The summed E-state index contributed by atoms with van der Waals surface area (Å²) in [4.78, 5) is 11.4. The minimum absolute atomic E-state index is 0.163. The Hall–Kier alpha value is -1.92. The molecule has 1 heterocycles. The standard InChI is InChI=1S/C15H11BrFNO3/c1-18-12-5-2-8(6-13(12)21-15(18)20)14(19)10-4-3-9(16)7-11(10)17/h2-7,14,19H,1H3. The number of fused-ring (bicyclic) bond motifs is 1. The molecule has 0 aliphatic heterocycles. The van der Waals surface area contributed by atoms with E-state index in [1.807, 2.05) is 0 Å². The van der Waals surface area contributed by atoms with E-state index in [1.54, 1.807) is 31.3 Å². The highest BCUT2D eigenvalue weighted by Gasteiger charge is 2.17. The Morgan fingerprint density at radius 3 is 2.76 bits per heavy atom. The molecule has 2 aromatic carbocycles. The molecule has 0 spiro atoms. The maximum Gasteiger partial charge on any atom is 0.419 e. The summed E-state index contributed by atoms with van der Waals surface area (Å²) >= 11 is 3.17. The largest absolute Gasteiger partial charge is 0.419 e. The number of hydrogen-bond donors (Lipinski definition) is 1. The number of nitrogens with zero attached hydrogens (tertiary/aromatic N) is 1. The van der Waals surface area contributed by atoms with Crippen LogP contribution < -0.4 is 5.76 Å². The fraction of sp³-hybridized carbons (Fsp3) is 0.133. The highest BCUT2D eigenvalue weighted by Crippen LogP contribution is 2.28. The number of rotatable bonds is 2. The Morgan fingerprint density at radius 1 is 1.29 bits per heavy atom. The molecule has 0 saturated carbocycles. The molecule has 3 aromatic rings. The first-order valence-corrected chi connectivity index (χ1v) is 6.99. The lowest BCUT2D eigenvalue weighted by Gasteiger charge is -2.12. The molecule has 0 fully saturated rings. The van der Waals surface area contributed by atoms with Gasteiger partial charge in [0.15, 0.2) is 5.58 Å². The number of aromatic nitrogens is 1. The summed E-state index contributed by atoms with van der Waals surface area (Å²) in [6, 6.07) is 9.31. The minimum Gasteiger partial charge on any atom is -0.408 e. The van der Waals surface area contributed by atoms with Gasteiger partial charge < -0.3 is 9.52 Å². The lowest BCUT2D eigenvalue weighted by Crippen LogP contribution is -2.08. The van der Waals surface area contributed by atoms with Crippen molar-refractivity contribution in [2.75, 3.05) is 0 Å². The van der Waals surface area contributed by atoms with Crippen molar-refractivity contribution >= 4 is 27.0 Å². The lowest BCUT2D eigenvalue weighted by atomic mass is 10.0. The van der Waals surface area contributed by atoms with Crippen LogP contribution in [0.2, 0.25) is 0 Å². The highest BCUT2D eigenvalue weighted by molar-refractivity contribution is 9.10. The van der Waals surface area contributed by atoms with Gasteiger partial charge >= 0.3 is 5.76 Å². The van der Waals surface area contributed by atoms with E-state index in [4.69, 9.17) is 4.42 Å². The summed E-state index contributed by atoms with van der Waals surface area (Å²) < 4.78 is 20.9. The first kappa shape index (κ1) is 14.0. The van der Waals surface area contributed by atoms with Gasteiger partial charge in [0.25, 0.3) is 0 Å². The van der Waals surface area contributed by atoms with E-state index >= 15 is 0 Å². The molecule has 1 atom stereocenters. The number of aliphatic hydroxyl groups excluding tert-OH is 1. The third-order valence-electron chi connectivity index (χ3n) is 3.39. The van der Waals surface area contributed by atoms with Crippen LogP contribution in [0.25, 0.3) is 11.1 Å². The normalized spacial score (nSPS) is 12.8. The summed E-state index contributed by atoms with van der Waals surface area (Å²) in [7, 11) is 1.60. The molecule has 0 bridgehead atoms. The Bertz CT molecular complexity index is 884. The maximum atomic E-state index is 13.9. The first-order valence-electron chi connectivity index (χ1n) is 6.20. The van der Waals surface area contributed by atoms with E-state index in [0.717, 1.165) is 0 Å². The van der Waals surface area contributed by atoms with Gasteiger partial charge in [0.1, 0.15) is 11.9 Å². The maximum absolute atomic E-state index is 13.9. The third-order valence-corrected chi connectivity index (χ3v) is 3.88. The van der Waals surface area contributed by atoms with Crippen LogP contribution in [0, 0.1) is 5.82 Å². The number of aliphatic hydroxyl groups is 1. The zero-order valence-electron chi connectivity index (χ0n) is 11.0. The SMILES string of the molecule is Cn1c(=O)oc2cc(C(O)c3ccc(Br)cc3F)ccc21. The molecule has 0 aliphatic rings. The molecular weight excluding hydrogens is 341 g/mol. The van der Waals surface area contributed by atoms with Crippen molar-refractivity contribution in [3.63, 3.8) is 0 Å². The van der Waals surface area contributed by atoms with Gasteiger partial charge in [0.05, 0.1) is 5.52 Å². The smallest absolute Gasteiger partial charge is 0.408 e. The van der Waals surface area contributed by atoms with E-state index in [-0.39, 0.29) is 5.56 Å². The first-order chi connectivity index (χ1) is 9.97. The monoisotopic (exact) mass is 351 g/mol. The fourth-order valence-corrected chi connectivity index (χ4v) is 2.56. The molecule has 6 heteroatoms. The summed E-state index contributed by atoms with van der Waals surface area (Å²) in [6.45, 7) is 0. The zero-order valence-corrected chi connectivity index (χ0v) is 12.6. The topological polar surface area (TPSA) is 55.4 Å². The predicted molar refractivity (Wildman–Crippen MR) is 79.6 cm³/mol. The van der Waals surface area contributed by atoms with Gasteiger partial charge in [-0.25, -0.2) is 9.18 Å². The van der Waals surface area contributed by atoms with Crippen LogP contribution in [0.4, 0.5) is 4.39 Å². The van der Waals surface area contributed by atoms with Gasteiger partial charge in [0, 0.05) is 17.1 Å². The molecular formula is C15H11BrFNO3. The van der Waals surface area contributed by atoms with Crippen LogP contribution in [0.1, 0.15) is 17.2 Å². The van der Waals surface area contributed by atoms with Crippen molar-refractivity contribution in [3.8, 4) is 0 Å². The highest BCUT2D eigenvalue weighted by atomic mass is 79.9. The Kier molecular flexibility index (Phi) is 3.43. The lowest BCUT2D eigenvalue weighted by molar-refractivity contribution is 0.215. The Balaban J connectivity index is 2.09. The second-order valence-corrected chi connectivity index (χ2v) is 5.64. The summed E-state index contributed by atoms with van der Waals surface area (Å²) in [6.07, 6.45) is -1.13.